The van der Waals surface area contributed by atoms with Crippen LogP contribution in [0.2, 0.25) is 0 Å². The zero-order chi connectivity index (χ0) is 25.3. The van der Waals surface area contributed by atoms with E-state index in [1.165, 1.54) is 35.6 Å². The highest BCUT2D eigenvalue weighted by atomic mass is 32.2. The third-order valence-electron chi connectivity index (χ3n) is 6.19. The number of unbranched alkanes of at least 4 members (excludes halogenated alkanes) is 1. The van der Waals surface area contributed by atoms with Crippen molar-refractivity contribution >= 4 is 16.8 Å². The number of aromatic nitrogens is 1. The van der Waals surface area contributed by atoms with Gasteiger partial charge >= 0.3 is 0 Å². The molecule has 1 atom stereocenters. The molecule has 1 aliphatic carbocycles. The molecule has 1 aliphatic heterocycles. The Morgan fingerprint density at radius 1 is 1.20 bits per heavy atom. The number of benzene rings is 1. The van der Waals surface area contributed by atoms with Crippen LogP contribution in [0.1, 0.15) is 56.2 Å². The zero-order valence-electron chi connectivity index (χ0n) is 21.3. The summed E-state index contributed by atoms with van der Waals surface area (Å²) in [5, 5.41) is 7.41. The van der Waals surface area contributed by atoms with Crippen molar-refractivity contribution in [3.8, 4) is 0 Å². The second-order valence-corrected chi connectivity index (χ2v) is 10.0. The molecular formula is C30H36FN3S. The van der Waals surface area contributed by atoms with Crippen molar-refractivity contribution in [1.82, 2.24) is 9.99 Å². The Labute approximate surface area is 214 Å². The normalized spacial score (nSPS) is 19.6. The first kappa shape index (κ1) is 26.7. The zero-order valence-corrected chi connectivity index (χ0v) is 22.1. The van der Waals surface area contributed by atoms with Crippen molar-refractivity contribution in [3.63, 3.8) is 0 Å². The van der Waals surface area contributed by atoms with E-state index < -0.39 is 0 Å². The summed E-state index contributed by atoms with van der Waals surface area (Å²) in [7, 11) is 1.98. The number of pyridine rings is 1. The number of hydrazone groups is 1. The molecule has 0 radical (unpaired) electrons. The average Bonchev–Trinajstić information content (AvgIpc) is 3.39. The van der Waals surface area contributed by atoms with Gasteiger partial charge in [-0.15, -0.1) is 0 Å². The Kier molecular flexibility index (Phi) is 9.67. The van der Waals surface area contributed by atoms with Crippen molar-refractivity contribution < 1.29 is 4.39 Å². The molecule has 3 nitrogen and oxygen atoms in total. The van der Waals surface area contributed by atoms with E-state index in [1.807, 2.05) is 56.5 Å². The Morgan fingerprint density at radius 2 is 1.97 bits per heavy atom. The summed E-state index contributed by atoms with van der Waals surface area (Å²) in [4.78, 5) is 3.72. The van der Waals surface area contributed by atoms with Crippen molar-refractivity contribution in [3.05, 3.63) is 113 Å². The summed E-state index contributed by atoms with van der Waals surface area (Å²) in [6.07, 6.45) is 19.6. The minimum atomic E-state index is -0.248. The fourth-order valence-corrected chi connectivity index (χ4v) is 5.72. The lowest BCUT2D eigenvalue weighted by Gasteiger charge is -2.32. The monoisotopic (exact) mass is 489 g/mol. The third-order valence-corrected chi connectivity index (χ3v) is 7.71. The summed E-state index contributed by atoms with van der Waals surface area (Å²) in [6.45, 7) is 10.1. The topological polar surface area (TPSA) is 28.5 Å². The Bertz CT molecular complexity index is 1130. The Hall–Kier alpha value is -2.92. The van der Waals surface area contributed by atoms with Crippen LogP contribution in [0, 0.1) is 12.7 Å². The second-order valence-electron chi connectivity index (χ2n) is 8.76. The van der Waals surface area contributed by atoms with E-state index in [4.69, 9.17) is 0 Å². The highest BCUT2D eigenvalue weighted by Crippen LogP contribution is 2.53. The maximum absolute atomic E-state index is 14.3. The van der Waals surface area contributed by atoms with Crippen LogP contribution in [0.3, 0.4) is 0 Å². The van der Waals surface area contributed by atoms with E-state index in [2.05, 4.69) is 53.9 Å². The molecule has 0 fully saturated rings. The molecule has 2 aromatic rings. The van der Waals surface area contributed by atoms with Gasteiger partial charge in [0.1, 0.15) is 15.7 Å². The van der Waals surface area contributed by atoms with Crippen LogP contribution in [0.15, 0.2) is 95.9 Å². The lowest BCUT2D eigenvalue weighted by molar-refractivity contribution is 0.264. The number of nitrogens with zero attached hydrogens (tertiary/aromatic N) is 3. The van der Waals surface area contributed by atoms with Gasteiger partial charge in [0.2, 0.25) is 0 Å². The van der Waals surface area contributed by atoms with Crippen LogP contribution in [0.4, 0.5) is 4.39 Å². The van der Waals surface area contributed by atoms with Gasteiger partial charge in [-0.25, -0.2) is 4.39 Å². The van der Waals surface area contributed by atoms with Crippen LogP contribution in [-0.4, -0.2) is 27.0 Å². The van der Waals surface area contributed by atoms with Gasteiger partial charge in [-0.3, -0.25) is 9.99 Å². The second kappa shape index (κ2) is 12.7. The van der Waals surface area contributed by atoms with Crippen LogP contribution in [0.25, 0.3) is 0 Å². The summed E-state index contributed by atoms with van der Waals surface area (Å²) in [5.41, 5.74) is 5.44. The molecule has 1 unspecified atom stereocenters. The third kappa shape index (κ3) is 6.40. The van der Waals surface area contributed by atoms with E-state index in [1.54, 1.807) is 17.8 Å². The molecule has 2 heterocycles. The number of allylic oxidation sites excluding steroid dienone is 5. The first-order chi connectivity index (χ1) is 16.9. The molecule has 184 valence electrons. The first-order valence-corrected chi connectivity index (χ1v) is 13.1. The number of likely N-dealkylation sites (N-methyl/N-ethyl adjacent to an activating group) is 1. The van der Waals surface area contributed by atoms with E-state index in [0.29, 0.717) is 5.56 Å². The van der Waals surface area contributed by atoms with Crippen molar-refractivity contribution in [1.29, 1.82) is 0 Å². The molecule has 0 saturated heterocycles. The van der Waals surface area contributed by atoms with Crippen molar-refractivity contribution in [2.24, 2.45) is 5.10 Å². The molecular weight excluding hydrogens is 453 g/mol. The fraction of sp³-hybridized carbons (Fsp3) is 0.333. The van der Waals surface area contributed by atoms with Crippen molar-refractivity contribution in [2.75, 3.05) is 7.05 Å². The molecule has 2 aliphatic rings. The van der Waals surface area contributed by atoms with Gasteiger partial charge in [0.25, 0.3) is 0 Å². The Morgan fingerprint density at radius 3 is 2.66 bits per heavy atom. The number of rotatable bonds is 7. The highest BCUT2D eigenvalue weighted by Gasteiger charge is 2.48. The minimum Gasteiger partial charge on any atom is -0.278 e. The quantitative estimate of drug-likeness (QED) is 0.369. The summed E-state index contributed by atoms with van der Waals surface area (Å²) < 4.78 is 14.3. The van der Waals surface area contributed by atoms with Gasteiger partial charge in [0, 0.05) is 25.0 Å². The summed E-state index contributed by atoms with van der Waals surface area (Å²) in [6, 6.07) is 9.28. The molecule has 1 aromatic heterocycles. The summed E-state index contributed by atoms with van der Waals surface area (Å²) in [5.74, 6) is -0.217. The maximum atomic E-state index is 14.3. The van der Waals surface area contributed by atoms with E-state index in [-0.39, 0.29) is 10.7 Å². The van der Waals surface area contributed by atoms with Crippen LogP contribution >= 0.6 is 11.8 Å². The molecule has 0 bridgehead atoms. The molecule has 5 heteroatoms. The molecule has 0 amide bonds. The average molecular weight is 490 g/mol. The number of aryl methyl sites for hydroxylation is 1. The van der Waals surface area contributed by atoms with Gasteiger partial charge in [0.15, 0.2) is 0 Å². The first-order valence-electron chi connectivity index (χ1n) is 12.3. The number of halogens is 1. The molecule has 4 rings (SSSR count). The maximum Gasteiger partial charge on any atom is 0.134 e. The molecule has 1 spiro atoms. The van der Waals surface area contributed by atoms with Gasteiger partial charge < -0.3 is 0 Å². The Balaban J connectivity index is 0.000000241. The van der Waals surface area contributed by atoms with Gasteiger partial charge in [-0.2, -0.15) is 5.10 Å². The molecule has 0 N–H and O–H groups in total. The standard InChI is InChI=1S/C19H21FN2S.C11H15N/c1-5-7-16-14(6-2)10-11-19(16)22(4)21-18(23-19)15-12-13(3)8-9-17(15)20;1-2-3-4-5-6-11-7-9-12-10-8-11/h5-9,12H,2,10-11H2,1,3-4H3;4-5,7-10H,2-3,6H2,1H3/b7-5-;5-4-. The van der Waals surface area contributed by atoms with E-state index >= 15 is 0 Å². The van der Waals surface area contributed by atoms with Crippen molar-refractivity contribution in [2.45, 2.75) is 57.7 Å². The predicted octanol–water partition coefficient (Wildman–Crippen LogP) is 8.00. The fourth-order valence-electron chi connectivity index (χ4n) is 4.28. The van der Waals surface area contributed by atoms with E-state index in [0.717, 1.165) is 29.9 Å². The smallest absolute Gasteiger partial charge is 0.134 e. The number of hydrogen-bond donors (Lipinski definition) is 0. The van der Waals surface area contributed by atoms with E-state index in [9.17, 15) is 4.39 Å². The highest BCUT2D eigenvalue weighted by molar-refractivity contribution is 8.16. The predicted molar refractivity (Wildman–Crippen MR) is 149 cm³/mol. The number of thioether (sulfide) groups is 1. The SMILES string of the molecule is C=CC1=C(/C=C\C)C2(CC1)SC(c1cc(C)ccc1F)=NN2C.CCC/C=C\Cc1ccncc1. The van der Waals surface area contributed by atoms with Gasteiger partial charge in [-0.1, -0.05) is 73.7 Å². The lowest BCUT2D eigenvalue weighted by atomic mass is 10.1. The molecule has 35 heavy (non-hydrogen) atoms. The largest absolute Gasteiger partial charge is 0.278 e. The lowest BCUT2D eigenvalue weighted by Crippen LogP contribution is -2.36. The number of hydrogen-bond acceptors (Lipinski definition) is 4. The molecule has 1 aromatic carbocycles. The molecule has 0 saturated carbocycles. The van der Waals surface area contributed by atoms with Crippen LogP contribution in [-0.2, 0) is 6.42 Å². The summed E-state index contributed by atoms with van der Waals surface area (Å²) >= 11 is 1.65. The van der Waals surface area contributed by atoms with Crippen LogP contribution < -0.4 is 0 Å². The van der Waals surface area contributed by atoms with Gasteiger partial charge in [0.05, 0.1) is 0 Å². The van der Waals surface area contributed by atoms with Crippen LogP contribution in [0.5, 0.6) is 0 Å². The minimum absolute atomic E-state index is 0.217. The van der Waals surface area contributed by atoms with Gasteiger partial charge in [-0.05, 0) is 80.5 Å².